The van der Waals surface area contributed by atoms with Crippen LogP contribution in [0.4, 0.5) is 0 Å². The molecule has 0 spiro atoms. The molecule has 4 radical (unpaired) electrons. The van der Waals surface area contributed by atoms with E-state index < -0.39 is 0 Å². The van der Waals surface area contributed by atoms with Crippen molar-refractivity contribution in [3.8, 4) is 0 Å². The van der Waals surface area contributed by atoms with Crippen molar-refractivity contribution < 1.29 is 77.2 Å². The zero-order valence-electron chi connectivity index (χ0n) is 28.8. The van der Waals surface area contributed by atoms with Crippen LogP contribution in [0.3, 0.4) is 0 Å². The molecule has 0 N–H and O–H groups in total. The van der Waals surface area contributed by atoms with E-state index in [2.05, 4.69) is 160 Å². The van der Waals surface area contributed by atoms with Crippen LogP contribution in [0.5, 0.6) is 0 Å². The first kappa shape index (κ1) is 54.5. The molecule has 48 heavy (non-hydrogen) atoms. The van der Waals surface area contributed by atoms with Gasteiger partial charge < -0.3 is 24.8 Å². The Bertz CT molecular complexity index is 1260. The smallest absolute Gasteiger partial charge is 1.00 e. The summed E-state index contributed by atoms with van der Waals surface area (Å²) < 4.78 is 0. The molecule has 256 valence electrons. The molecule has 0 heterocycles. The molecule has 0 nitrogen and oxygen atoms in total. The van der Waals surface area contributed by atoms with Crippen LogP contribution in [-0.4, -0.2) is 19.0 Å². The number of hydrogen-bond acceptors (Lipinski definition) is 0. The number of hydrogen-bond donors (Lipinski definition) is 0. The third-order valence-corrected chi connectivity index (χ3v) is 7.52. The van der Waals surface area contributed by atoms with Gasteiger partial charge in [-0.15, -0.1) is 121 Å². The van der Waals surface area contributed by atoms with Gasteiger partial charge >= 0.3 is 52.4 Å². The predicted molar refractivity (Wildman–Crippen MR) is 209 cm³/mol. The quantitative estimate of drug-likeness (QED) is 0.151. The fraction of sp³-hybridized carbons (Fsp3) is 0.300. The van der Waals surface area contributed by atoms with E-state index in [0.717, 1.165) is 30.9 Å². The molecular weight excluding hydrogens is 861 g/mol. The number of fused-ring (bicyclic) bond motifs is 4. The summed E-state index contributed by atoms with van der Waals surface area (Å²) in [5, 5.41) is 5.32. The van der Waals surface area contributed by atoms with Crippen molar-refractivity contribution in [3.63, 3.8) is 0 Å². The zero-order valence-corrected chi connectivity index (χ0v) is 39.2. The average molecular weight is 913 g/mol. The van der Waals surface area contributed by atoms with Crippen molar-refractivity contribution >= 4 is 65.4 Å². The predicted octanol–water partition coefficient (Wildman–Crippen LogP) is 5.98. The Morgan fingerprint density at radius 1 is 0.562 bits per heavy atom. The molecule has 4 aromatic rings. The topological polar surface area (TPSA) is 0 Å². The SMILES string of the molecule is C1=CCC2CC[CH-]C2=C1.C1=CCC2CC[CH-]C2=C1.C[SiH]C.C[SiH]C.Cl.Cl.[Cl-].[Cl-].[Zr+3].[Zr+3].c1ccc2[cH-]ccc2c1.c1ccc2[cH-]ccc2c1. The van der Waals surface area contributed by atoms with Gasteiger partial charge in [0, 0.05) is 19.0 Å². The largest absolute Gasteiger partial charge is 3.00 e. The Hall–Kier alpha value is -0.280. The summed E-state index contributed by atoms with van der Waals surface area (Å²) in [4.78, 5) is 0. The van der Waals surface area contributed by atoms with E-state index in [0.29, 0.717) is 0 Å². The van der Waals surface area contributed by atoms with Gasteiger partial charge in [0.15, 0.2) is 0 Å². The van der Waals surface area contributed by atoms with Crippen molar-refractivity contribution in [1.82, 2.24) is 0 Å². The van der Waals surface area contributed by atoms with Gasteiger partial charge in [-0.25, -0.2) is 36.1 Å². The zero-order chi connectivity index (χ0) is 29.8. The fourth-order valence-electron chi connectivity index (χ4n) is 5.47. The van der Waals surface area contributed by atoms with Gasteiger partial charge in [0.05, 0.1) is 0 Å². The Kier molecular flexibility index (Phi) is 38.4. The molecule has 4 aliphatic carbocycles. The molecule has 2 fully saturated rings. The Balaban J connectivity index is -0.000000245. The molecule has 4 aromatic carbocycles. The standard InChI is InChI=1S/2C9H11.2C9H7.2C2H7Si.4ClH.2Zr/c4*1-2-5-9-7-3-6-8(9)4-1;2*1-3-2;;;;;;/h2*1-2,4,6,9H,3,5,7H2;2*1-7H;2*3H,1-2H3;4*1H;;/q4*-1;;;;;;;2*+3/p-2. The van der Waals surface area contributed by atoms with E-state index in [9.17, 15) is 0 Å². The fourth-order valence-corrected chi connectivity index (χ4v) is 5.47. The van der Waals surface area contributed by atoms with Crippen molar-refractivity contribution in [3.05, 3.63) is 145 Å². The molecule has 0 bridgehead atoms. The summed E-state index contributed by atoms with van der Waals surface area (Å²) in [6.07, 6.45) is 26.1. The maximum atomic E-state index is 2.37. The molecule has 0 saturated heterocycles. The normalized spacial score (nSPS) is 16.2. The van der Waals surface area contributed by atoms with E-state index in [4.69, 9.17) is 0 Å². The van der Waals surface area contributed by atoms with E-state index in [-0.39, 0.29) is 102 Å². The summed E-state index contributed by atoms with van der Waals surface area (Å²) in [6.45, 7) is 8.83. The maximum Gasteiger partial charge on any atom is 3.00 e. The molecular formula is C40H52Cl4Si2Zr2. The van der Waals surface area contributed by atoms with E-state index in [1.54, 1.807) is 11.1 Å². The number of benzene rings is 2. The van der Waals surface area contributed by atoms with Crippen molar-refractivity contribution in [2.45, 2.75) is 64.7 Å². The second kappa shape index (κ2) is 33.8. The number of halogens is 4. The second-order valence-electron chi connectivity index (χ2n) is 11.1. The van der Waals surface area contributed by atoms with Crippen LogP contribution in [0.1, 0.15) is 38.5 Å². The van der Waals surface area contributed by atoms with Gasteiger partial charge in [-0.05, 0) is 24.7 Å². The van der Waals surface area contributed by atoms with E-state index in [1.807, 2.05) is 0 Å². The first-order chi connectivity index (χ1) is 20.7. The average Bonchev–Trinajstić information content (AvgIpc) is 3.85. The molecule has 2 unspecified atom stereocenters. The molecule has 2 saturated carbocycles. The van der Waals surface area contributed by atoms with Gasteiger partial charge in [0.25, 0.3) is 0 Å². The number of rotatable bonds is 0. The Labute approximate surface area is 360 Å². The Morgan fingerprint density at radius 3 is 1.25 bits per heavy atom. The summed E-state index contributed by atoms with van der Waals surface area (Å²) in [5.74, 6) is 1.77. The summed E-state index contributed by atoms with van der Waals surface area (Å²) in [7, 11) is 1.50. The first-order valence-corrected chi connectivity index (χ1v) is 20.4. The minimum absolute atomic E-state index is 0. The molecule has 4 aliphatic rings. The molecule has 8 heteroatoms. The third-order valence-electron chi connectivity index (χ3n) is 7.52. The van der Waals surface area contributed by atoms with Crippen LogP contribution in [0.2, 0.25) is 26.2 Å². The van der Waals surface area contributed by atoms with Crippen LogP contribution >= 0.6 is 24.8 Å². The van der Waals surface area contributed by atoms with Gasteiger partial charge in [0.1, 0.15) is 0 Å². The van der Waals surface area contributed by atoms with Crippen molar-refractivity contribution in [2.24, 2.45) is 11.8 Å². The monoisotopic (exact) mass is 908 g/mol. The molecule has 2 atom stereocenters. The van der Waals surface area contributed by atoms with Crippen LogP contribution in [0.15, 0.2) is 133 Å². The second-order valence-corrected chi connectivity index (χ2v) is 13.4. The van der Waals surface area contributed by atoms with Gasteiger partial charge in [0.2, 0.25) is 0 Å². The van der Waals surface area contributed by atoms with Crippen LogP contribution in [0, 0.1) is 24.7 Å². The minimum atomic E-state index is 0. The van der Waals surface area contributed by atoms with Crippen LogP contribution in [0.25, 0.3) is 21.5 Å². The van der Waals surface area contributed by atoms with Gasteiger partial charge in [-0.2, -0.15) is 35.0 Å². The Morgan fingerprint density at radius 2 is 0.917 bits per heavy atom. The molecule has 0 aromatic heterocycles. The van der Waals surface area contributed by atoms with Crippen molar-refractivity contribution in [2.75, 3.05) is 0 Å². The summed E-state index contributed by atoms with van der Waals surface area (Å²) in [6, 6.07) is 29.3. The summed E-state index contributed by atoms with van der Waals surface area (Å²) >= 11 is 0. The van der Waals surface area contributed by atoms with Crippen LogP contribution in [-0.2, 0) is 52.4 Å². The van der Waals surface area contributed by atoms with E-state index in [1.165, 1.54) is 60.1 Å². The summed E-state index contributed by atoms with van der Waals surface area (Å²) in [5.41, 5.74) is 3.16. The van der Waals surface area contributed by atoms with Crippen LogP contribution < -0.4 is 24.8 Å². The minimum Gasteiger partial charge on any atom is -1.00 e. The third kappa shape index (κ3) is 19.9. The molecule has 0 amide bonds. The number of allylic oxidation sites excluding steroid dienone is 8. The van der Waals surface area contributed by atoms with Gasteiger partial charge in [-0.3, -0.25) is 0 Å². The molecule has 8 rings (SSSR count). The molecule has 0 aliphatic heterocycles. The first-order valence-electron chi connectivity index (χ1n) is 15.8. The van der Waals surface area contributed by atoms with E-state index >= 15 is 0 Å². The van der Waals surface area contributed by atoms with Crippen molar-refractivity contribution in [1.29, 1.82) is 0 Å². The maximum absolute atomic E-state index is 2.37. The van der Waals surface area contributed by atoms with Gasteiger partial charge in [-0.1, -0.05) is 51.2 Å².